The SMILES string of the molecule is CC(C)(C(=O)O)N1CCCN(C(=O)C(F)(F)F)CC1. The summed E-state index contributed by atoms with van der Waals surface area (Å²) in [4.78, 5) is 24.6. The average molecular weight is 282 g/mol. The summed E-state index contributed by atoms with van der Waals surface area (Å²) in [5, 5.41) is 9.09. The maximum Gasteiger partial charge on any atom is 0.471 e. The standard InChI is InChI=1S/C11H17F3N2O3/c1-10(2,9(18)19)16-5-3-4-15(6-7-16)8(17)11(12,13)14/h3-7H2,1-2H3,(H,18,19). The third-order valence-corrected chi connectivity index (χ3v) is 3.34. The first-order valence-electron chi connectivity index (χ1n) is 5.91. The molecule has 1 aliphatic heterocycles. The van der Waals surface area contributed by atoms with Crippen LogP contribution >= 0.6 is 0 Å². The molecule has 1 fully saturated rings. The number of aliphatic carboxylic acids is 1. The molecule has 1 N–H and O–H groups in total. The van der Waals surface area contributed by atoms with E-state index >= 15 is 0 Å². The predicted octanol–water partition coefficient (Wildman–Crippen LogP) is 0.946. The Morgan fingerprint density at radius 1 is 1.05 bits per heavy atom. The van der Waals surface area contributed by atoms with Crippen molar-refractivity contribution in [3.8, 4) is 0 Å². The van der Waals surface area contributed by atoms with Gasteiger partial charge in [-0.25, -0.2) is 0 Å². The van der Waals surface area contributed by atoms with Crippen molar-refractivity contribution in [3.05, 3.63) is 0 Å². The van der Waals surface area contributed by atoms with Gasteiger partial charge in [-0.3, -0.25) is 14.5 Å². The highest BCUT2D eigenvalue weighted by atomic mass is 19.4. The number of carboxylic acid groups (broad SMARTS) is 1. The van der Waals surface area contributed by atoms with Crippen molar-refractivity contribution in [2.75, 3.05) is 26.2 Å². The first kappa shape index (κ1) is 15.7. The number of hydrogen-bond acceptors (Lipinski definition) is 3. The number of nitrogens with zero attached hydrogens (tertiary/aromatic N) is 2. The van der Waals surface area contributed by atoms with E-state index < -0.39 is 23.6 Å². The zero-order valence-electron chi connectivity index (χ0n) is 10.8. The van der Waals surface area contributed by atoms with E-state index in [-0.39, 0.29) is 19.6 Å². The van der Waals surface area contributed by atoms with Crippen LogP contribution in [0.2, 0.25) is 0 Å². The fraction of sp³-hybridized carbons (Fsp3) is 0.818. The van der Waals surface area contributed by atoms with E-state index in [2.05, 4.69) is 0 Å². The molecule has 1 rings (SSSR count). The van der Waals surface area contributed by atoms with Gasteiger partial charge in [-0.2, -0.15) is 13.2 Å². The van der Waals surface area contributed by atoms with Crippen LogP contribution in [-0.2, 0) is 9.59 Å². The molecule has 0 saturated carbocycles. The molecule has 0 spiro atoms. The molecule has 1 aliphatic rings. The van der Waals surface area contributed by atoms with Crippen LogP contribution in [0.4, 0.5) is 13.2 Å². The fourth-order valence-electron chi connectivity index (χ4n) is 1.99. The molecule has 0 atom stereocenters. The minimum atomic E-state index is -4.88. The van der Waals surface area contributed by atoms with Crippen LogP contribution < -0.4 is 0 Å². The maximum absolute atomic E-state index is 12.3. The normalized spacial score (nSPS) is 19.1. The third kappa shape index (κ3) is 3.59. The number of halogens is 3. The summed E-state index contributed by atoms with van der Waals surface area (Å²) in [6.07, 6.45) is -4.56. The van der Waals surface area contributed by atoms with Crippen LogP contribution in [0.1, 0.15) is 20.3 Å². The molecule has 0 unspecified atom stereocenters. The topological polar surface area (TPSA) is 60.9 Å². The van der Waals surface area contributed by atoms with E-state index in [0.717, 1.165) is 4.90 Å². The van der Waals surface area contributed by atoms with Crippen LogP contribution in [0.3, 0.4) is 0 Å². The fourth-order valence-corrected chi connectivity index (χ4v) is 1.99. The molecule has 1 saturated heterocycles. The summed E-state index contributed by atoms with van der Waals surface area (Å²) in [5.41, 5.74) is -1.16. The maximum atomic E-state index is 12.3. The molecule has 5 nitrogen and oxygen atoms in total. The van der Waals surface area contributed by atoms with Crippen LogP contribution in [0.5, 0.6) is 0 Å². The number of alkyl halides is 3. The summed E-state index contributed by atoms with van der Waals surface area (Å²) in [7, 11) is 0. The number of carboxylic acids is 1. The van der Waals surface area contributed by atoms with Gasteiger partial charge in [-0.15, -0.1) is 0 Å². The van der Waals surface area contributed by atoms with Crippen LogP contribution in [0.15, 0.2) is 0 Å². The summed E-state index contributed by atoms with van der Waals surface area (Å²) in [6.45, 7) is 3.33. The Morgan fingerprint density at radius 3 is 2.11 bits per heavy atom. The molecule has 0 radical (unpaired) electrons. The van der Waals surface area contributed by atoms with Crippen molar-refractivity contribution in [1.29, 1.82) is 0 Å². The van der Waals surface area contributed by atoms with Crippen molar-refractivity contribution in [2.45, 2.75) is 32.0 Å². The first-order chi connectivity index (χ1) is 8.56. The second kappa shape index (κ2) is 5.36. The Hall–Kier alpha value is -1.31. The second-order valence-electron chi connectivity index (χ2n) is 4.99. The van der Waals surface area contributed by atoms with Crippen LogP contribution in [0.25, 0.3) is 0 Å². The molecule has 0 aromatic heterocycles. The number of rotatable bonds is 2. The van der Waals surface area contributed by atoms with E-state index in [0.29, 0.717) is 13.0 Å². The molecule has 0 aromatic rings. The van der Waals surface area contributed by atoms with Crippen molar-refractivity contribution in [1.82, 2.24) is 9.80 Å². The van der Waals surface area contributed by atoms with Crippen molar-refractivity contribution in [3.63, 3.8) is 0 Å². The van der Waals surface area contributed by atoms with Crippen molar-refractivity contribution < 1.29 is 27.9 Å². The summed E-state index contributed by atoms with van der Waals surface area (Å²) in [6, 6.07) is 0. The van der Waals surface area contributed by atoms with Crippen molar-refractivity contribution in [2.24, 2.45) is 0 Å². The highest BCUT2D eigenvalue weighted by molar-refractivity contribution is 5.82. The molecular weight excluding hydrogens is 265 g/mol. The Morgan fingerprint density at radius 2 is 1.63 bits per heavy atom. The molecule has 0 aliphatic carbocycles. The smallest absolute Gasteiger partial charge is 0.471 e. The second-order valence-corrected chi connectivity index (χ2v) is 4.99. The summed E-state index contributed by atoms with van der Waals surface area (Å²) >= 11 is 0. The number of carbonyl (C=O) groups is 2. The van der Waals surface area contributed by atoms with Gasteiger partial charge < -0.3 is 10.0 Å². The predicted molar refractivity (Wildman–Crippen MR) is 60.5 cm³/mol. The number of hydrogen-bond donors (Lipinski definition) is 1. The molecule has 1 heterocycles. The highest BCUT2D eigenvalue weighted by Gasteiger charge is 2.43. The minimum Gasteiger partial charge on any atom is -0.480 e. The van der Waals surface area contributed by atoms with E-state index in [1.807, 2.05) is 0 Å². The van der Waals surface area contributed by atoms with Crippen molar-refractivity contribution >= 4 is 11.9 Å². The Kier molecular flexibility index (Phi) is 4.44. The van der Waals surface area contributed by atoms with E-state index in [4.69, 9.17) is 5.11 Å². The van der Waals surface area contributed by atoms with Gasteiger partial charge >= 0.3 is 18.1 Å². The Bertz CT molecular complexity index is 369. The molecular formula is C11H17F3N2O3. The zero-order chi connectivity index (χ0) is 14.8. The molecule has 0 bridgehead atoms. The largest absolute Gasteiger partial charge is 0.480 e. The van der Waals surface area contributed by atoms with E-state index in [9.17, 15) is 22.8 Å². The molecule has 1 amide bonds. The average Bonchev–Trinajstić information content (AvgIpc) is 2.52. The first-order valence-corrected chi connectivity index (χ1v) is 5.91. The van der Waals surface area contributed by atoms with Gasteiger partial charge in [-0.05, 0) is 20.3 Å². The zero-order valence-corrected chi connectivity index (χ0v) is 10.8. The molecule has 8 heteroatoms. The van der Waals surface area contributed by atoms with Gasteiger partial charge in [0.15, 0.2) is 0 Å². The van der Waals surface area contributed by atoms with Gasteiger partial charge in [-0.1, -0.05) is 0 Å². The van der Waals surface area contributed by atoms with Gasteiger partial charge in [0.25, 0.3) is 0 Å². The van der Waals surface area contributed by atoms with E-state index in [1.165, 1.54) is 13.8 Å². The van der Waals surface area contributed by atoms with Crippen LogP contribution in [0, 0.1) is 0 Å². The monoisotopic (exact) mass is 282 g/mol. The molecule has 19 heavy (non-hydrogen) atoms. The summed E-state index contributed by atoms with van der Waals surface area (Å²) in [5.74, 6) is -2.90. The van der Waals surface area contributed by atoms with Gasteiger partial charge in [0.1, 0.15) is 5.54 Å². The third-order valence-electron chi connectivity index (χ3n) is 3.34. The lowest BCUT2D eigenvalue weighted by atomic mass is 10.0. The Labute approximate surface area is 109 Å². The van der Waals surface area contributed by atoms with Gasteiger partial charge in [0.2, 0.25) is 0 Å². The lowest BCUT2D eigenvalue weighted by molar-refractivity contribution is -0.185. The number of amides is 1. The summed E-state index contributed by atoms with van der Waals surface area (Å²) < 4.78 is 37.0. The molecule has 0 aromatic carbocycles. The van der Waals surface area contributed by atoms with Gasteiger partial charge in [0.05, 0.1) is 0 Å². The molecule has 110 valence electrons. The van der Waals surface area contributed by atoms with Crippen LogP contribution in [-0.4, -0.2) is 64.7 Å². The quantitative estimate of drug-likeness (QED) is 0.819. The lowest BCUT2D eigenvalue weighted by Gasteiger charge is -2.33. The lowest BCUT2D eigenvalue weighted by Crippen LogP contribution is -2.51. The van der Waals surface area contributed by atoms with E-state index in [1.54, 1.807) is 4.90 Å². The minimum absolute atomic E-state index is 0.00938. The highest BCUT2D eigenvalue weighted by Crippen LogP contribution is 2.22. The number of carbonyl (C=O) groups excluding carboxylic acids is 1. The van der Waals surface area contributed by atoms with Gasteiger partial charge in [0, 0.05) is 26.2 Å². The Balaban J connectivity index is 2.72.